The first-order chi connectivity index (χ1) is 17.0. The first kappa shape index (κ1) is 26.9. The number of carbonyl (C=O) groups excluding carboxylic acids is 1. The molecule has 5 rings (SSSR count). The molecule has 3 N–H and O–H groups in total. The fraction of sp³-hybridized carbons (Fsp3) is 0.968. The number of aliphatic hydroxyl groups excluding tert-OH is 3. The molecule has 5 aliphatic carbocycles. The van der Waals surface area contributed by atoms with Crippen LogP contribution in [0.25, 0.3) is 0 Å². The van der Waals surface area contributed by atoms with Crippen LogP contribution in [0.15, 0.2) is 0 Å². The van der Waals surface area contributed by atoms with Crippen molar-refractivity contribution in [3.8, 4) is 0 Å². The van der Waals surface area contributed by atoms with Crippen molar-refractivity contribution >= 4 is 5.97 Å². The fourth-order valence-corrected chi connectivity index (χ4v) is 10.4. The van der Waals surface area contributed by atoms with E-state index >= 15 is 0 Å². The molecule has 5 aliphatic rings. The molecule has 5 unspecified atom stereocenters. The Morgan fingerprint density at radius 2 is 1.64 bits per heavy atom. The van der Waals surface area contributed by atoms with Gasteiger partial charge in [0, 0.05) is 6.42 Å². The van der Waals surface area contributed by atoms with Crippen molar-refractivity contribution in [1.29, 1.82) is 0 Å². The van der Waals surface area contributed by atoms with E-state index in [1.807, 2.05) is 0 Å². The second-order valence-corrected chi connectivity index (χ2v) is 14.5. The molecule has 0 aliphatic heterocycles. The van der Waals surface area contributed by atoms with Gasteiger partial charge in [0.15, 0.2) is 0 Å². The Kier molecular flexibility index (Phi) is 7.35. The lowest BCUT2D eigenvalue weighted by atomic mass is 9.43. The van der Waals surface area contributed by atoms with Gasteiger partial charge in [0.1, 0.15) is 5.60 Å². The van der Waals surface area contributed by atoms with Crippen molar-refractivity contribution in [2.75, 3.05) is 0 Å². The molecule has 5 fully saturated rings. The predicted molar refractivity (Wildman–Crippen MR) is 140 cm³/mol. The lowest BCUT2D eigenvalue weighted by Crippen LogP contribution is -2.62. The van der Waals surface area contributed by atoms with Crippen molar-refractivity contribution < 1.29 is 24.9 Å². The zero-order valence-electron chi connectivity index (χ0n) is 23.3. The average molecular weight is 505 g/mol. The summed E-state index contributed by atoms with van der Waals surface area (Å²) in [6, 6.07) is 0. The highest BCUT2D eigenvalue weighted by Gasteiger charge is 2.65. The summed E-state index contributed by atoms with van der Waals surface area (Å²) in [7, 11) is 0. The van der Waals surface area contributed by atoms with E-state index in [0.717, 1.165) is 77.0 Å². The van der Waals surface area contributed by atoms with Crippen LogP contribution in [-0.4, -0.2) is 45.2 Å². The summed E-state index contributed by atoms with van der Waals surface area (Å²) in [5.41, 5.74) is -0.385. The second-order valence-electron chi connectivity index (χ2n) is 14.5. The number of aliphatic hydroxyl groups is 3. The normalized spacial score (nSPS) is 48.9. The molecule has 206 valence electrons. The van der Waals surface area contributed by atoms with Crippen LogP contribution < -0.4 is 0 Å². The highest BCUT2D eigenvalue weighted by molar-refractivity contribution is 5.69. The summed E-state index contributed by atoms with van der Waals surface area (Å²) in [4.78, 5) is 12.8. The number of ether oxygens (including phenoxy) is 1. The highest BCUT2D eigenvalue weighted by Crippen LogP contribution is 2.68. The van der Waals surface area contributed by atoms with E-state index in [9.17, 15) is 20.1 Å². The minimum absolute atomic E-state index is 0.0589. The van der Waals surface area contributed by atoms with Gasteiger partial charge < -0.3 is 20.1 Å². The summed E-state index contributed by atoms with van der Waals surface area (Å²) in [6.07, 6.45) is 12.1. The molecule has 11 atom stereocenters. The number of hydrogen-bond donors (Lipinski definition) is 3. The summed E-state index contributed by atoms with van der Waals surface area (Å²) in [6.45, 7) is 9.04. The SMILES string of the molecule is C[C@H](CCC(=O)OC1(C)CCCCC1)C1CCC2C3C(C[C@H](O)[C@@]21C)[C@@]1(C)CC[C@@H](O)CC1C[C@H]3O. The number of esters is 1. The molecule has 0 aromatic carbocycles. The van der Waals surface area contributed by atoms with Crippen molar-refractivity contribution in [1.82, 2.24) is 0 Å². The van der Waals surface area contributed by atoms with Crippen molar-refractivity contribution in [3.05, 3.63) is 0 Å². The highest BCUT2D eigenvalue weighted by atomic mass is 16.6. The molecule has 5 nitrogen and oxygen atoms in total. The summed E-state index contributed by atoms with van der Waals surface area (Å²) in [5.74, 6) is 1.88. The predicted octanol–water partition coefficient (Wildman–Crippen LogP) is 5.63. The third-order valence-corrected chi connectivity index (χ3v) is 12.6. The maximum absolute atomic E-state index is 12.8. The van der Waals surface area contributed by atoms with Crippen molar-refractivity contribution in [2.24, 2.45) is 46.3 Å². The maximum atomic E-state index is 12.8. The molecule has 5 saturated carbocycles. The Balaban J connectivity index is 1.26. The molecular formula is C31H52O5. The molecule has 0 saturated heterocycles. The zero-order valence-corrected chi connectivity index (χ0v) is 23.3. The molecule has 0 aromatic rings. The molecule has 0 radical (unpaired) electrons. The monoisotopic (exact) mass is 504 g/mol. The molecular weight excluding hydrogens is 452 g/mol. The van der Waals surface area contributed by atoms with Gasteiger partial charge in [-0.15, -0.1) is 0 Å². The Morgan fingerprint density at radius 3 is 2.36 bits per heavy atom. The van der Waals surface area contributed by atoms with Gasteiger partial charge in [0.25, 0.3) is 0 Å². The van der Waals surface area contributed by atoms with Crippen LogP contribution in [0, 0.1) is 46.3 Å². The third kappa shape index (κ3) is 4.47. The molecule has 0 amide bonds. The standard InChI is InChI=1S/C31H52O5/c1-19(8-11-27(35)36-29(2)13-6-5-7-14-29)22-9-10-23-28-24(18-26(34)31(22,23)4)30(3)15-12-21(32)16-20(30)17-25(28)33/h19-26,28,32-34H,5-18H2,1-4H3/t19-,20?,21-,22?,23?,24?,25-,26+,28?,30+,31-/m1/s1. The topological polar surface area (TPSA) is 87.0 Å². The van der Waals surface area contributed by atoms with Crippen molar-refractivity contribution in [3.63, 3.8) is 0 Å². The smallest absolute Gasteiger partial charge is 0.306 e. The Labute approximate surface area is 218 Å². The fourth-order valence-electron chi connectivity index (χ4n) is 10.4. The summed E-state index contributed by atoms with van der Waals surface area (Å²) in [5, 5.41) is 33.5. The van der Waals surface area contributed by atoms with Gasteiger partial charge in [-0.25, -0.2) is 0 Å². The van der Waals surface area contributed by atoms with E-state index in [2.05, 4.69) is 27.7 Å². The maximum Gasteiger partial charge on any atom is 0.306 e. The van der Waals surface area contributed by atoms with E-state index in [4.69, 9.17) is 4.74 Å². The van der Waals surface area contributed by atoms with Gasteiger partial charge in [-0.2, -0.15) is 0 Å². The minimum atomic E-state index is -0.374. The van der Waals surface area contributed by atoms with Gasteiger partial charge >= 0.3 is 5.97 Å². The molecule has 36 heavy (non-hydrogen) atoms. The molecule has 0 aromatic heterocycles. The first-order valence-corrected chi connectivity index (χ1v) is 15.2. The van der Waals surface area contributed by atoms with E-state index in [-0.39, 0.29) is 46.6 Å². The van der Waals surface area contributed by atoms with Gasteiger partial charge in [-0.3, -0.25) is 4.79 Å². The van der Waals surface area contributed by atoms with Gasteiger partial charge in [-0.1, -0.05) is 27.2 Å². The second kappa shape index (κ2) is 9.83. The van der Waals surface area contributed by atoms with Crippen LogP contribution in [-0.2, 0) is 9.53 Å². The summed E-state index contributed by atoms with van der Waals surface area (Å²) >= 11 is 0. The largest absolute Gasteiger partial charge is 0.459 e. The Morgan fingerprint density at radius 1 is 0.917 bits per heavy atom. The third-order valence-electron chi connectivity index (χ3n) is 12.6. The van der Waals surface area contributed by atoms with Crippen LogP contribution in [0.2, 0.25) is 0 Å². The Hall–Kier alpha value is -0.650. The number of carbonyl (C=O) groups is 1. The van der Waals surface area contributed by atoms with Crippen LogP contribution in [0.3, 0.4) is 0 Å². The van der Waals surface area contributed by atoms with Crippen molar-refractivity contribution in [2.45, 2.75) is 141 Å². The molecule has 5 heteroatoms. The summed E-state index contributed by atoms with van der Waals surface area (Å²) < 4.78 is 5.96. The van der Waals surface area contributed by atoms with Crippen LogP contribution >= 0.6 is 0 Å². The molecule has 0 heterocycles. The van der Waals surface area contributed by atoms with Gasteiger partial charge in [0.05, 0.1) is 18.3 Å². The molecule has 0 spiro atoms. The quantitative estimate of drug-likeness (QED) is 0.422. The van der Waals surface area contributed by atoms with Gasteiger partial charge in [-0.05, 0) is 130 Å². The average Bonchev–Trinajstić information content (AvgIpc) is 3.18. The van der Waals surface area contributed by atoms with Crippen LogP contribution in [0.4, 0.5) is 0 Å². The van der Waals surface area contributed by atoms with E-state index in [1.165, 1.54) is 6.42 Å². The van der Waals surface area contributed by atoms with Gasteiger partial charge in [0.2, 0.25) is 0 Å². The number of rotatable bonds is 5. The zero-order chi connectivity index (χ0) is 25.9. The lowest BCUT2D eigenvalue weighted by Gasteiger charge is -2.63. The molecule has 0 bridgehead atoms. The minimum Gasteiger partial charge on any atom is -0.459 e. The van der Waals surface area contributed by atoms with E-state index < -0.39 is 0 Å². The first-order valence-electron chi connectivity index (χ1n) is 15.2. The van der Waals surface area contributed by atoms with Crippen LogP contribution in [0.1, 0.15) is 118 Å². The number of fused-ring (bicyclic) bond motifs is 5. The lowest BCUT2D eigenvalue weighted by molar-refractivity contribution is -0.207. The van der Waals surface area contributed by atoms with E-state index in [1.54, 1.807) is 0 Å². The Bertz CT molecular complexity index is 807. The number of hydrogen-bond acceptors (Lipinski definition) is 5. The van der Waals surface area contributed by atoms with E-state index in [0.29, 0.717) is 36.0 Å². The van der Waals surface area contributed by atoms with Crippen LogP contribution in [0.5, 0.6) is 0 Å².